The minimum absolute atomic E-state index is 0.284. The number of rotatable bonds is 1. The molecule has 1 aromatic heterocycles. The van der Waals surface area contributed by atoms with E-state index in [4.69, 9.17) is 5.26 Å². The van der Waals surface area contributed by atoms with Gasteiger partial charge in [-0.05, 0) is 48.9 Å². The summed E-state index contributed by atoms with van der Waals surface area (Å²) in [5, 5.41) is 8.86. The van der Waals surface area contributed by atoms with Crippen LogP contribution in [0.25, 0.3) is 22.4 Å². The number of nitriles is 1. The largest absolute Gasteiger partial charge is 0.338 e. The van der Waals surface area contributed by atoms with Gasteiger partial charge in [-0.2, -0.15) is 5.26 Å². The van der Waals surface area contributed by atoms with Crippen LogP contribution < -0.4 is 0 Å². The van der Waals surface area contributed by atoms with Gasteiger partial charge in [-0.3, -0.25) is 0 Å². The Kier molecular flexibility index (Phi) is 2.53. The molecule has 0 saturated heterocycles. The van der Waals surface area contributed by atoms with Crippen molar-refractivity contribution in [3.8, 4) is 17.5 Å². The van der Waals surface area contributed by atoms with Gasteiger partial charge in [0, 0.05) is 5.56 Å². The minimum atomic E-state index is -0.284. The molecule has 0 bridgehead atoms. The first-order chi connectivity index (χ1) is 9.15. The van der Waals surface area contributed by atoms with Crippen LogP contribution in [0.4, 0.5) is 4.39 Å². The van der Waals surface area contributed by atoms with Crippen molar-refractivity contribution in [3.63, 3.8) is 0 Å². The summed E-state index contributed by atoms with van der Waals surface area (Å²) in [5.41, 5.74) is 3.64. The first-order valence-corrected chi connectivity index (χ1v) is 5.83. The molecule has 92 valence electrons. The average molecular weight is 251 g/mol. The van der Waals surface area contributed by atoms with E-state index in [-0.39, 0.29) is 5.82 Å². The number of nitrogens with zero attached hydrogens (tertiary/aromatic N) is 2. The van der Waals surface area contributed by atoms with Crippen LogP contribution in [0.5, 0.6) is 0 Å². The molecular formula is C15H10FN3. The Morgan fingerprint density at radius 3 is 2.79 bits per heavy atom. The van der Waals surface area contributed by atoms with Gasteiger partial charge in [0.15, 0.2) is 0 Å². The SMILES string of the molecule is Cc1cc(F)cc(-c2nc3ccc(C#N)cc3[nH]2)c1. The van der Waals surface area contributed by atoms with Crippen molar-refractivity contribution < 1.29 is 4.39 Å². The standard InChI is InChI=1S/C15H10FN3/c1-9-4-11(7-12(16)5-9)15-18-13-3-2-10(8-17)6-14(13)19-15/h2-7H,1H3,(H,18,19). The highest BCUT2D eigenvalue weighted by atomic mass is 19.1. The summed E-state index contributed by atoms with van der Waals surface area (Å²) in [6.07, 6.45) is 0. The number of halogens is 1. The number of hydrogen-bond acceptors (Lipinski definition) is 2. The van der Waals surface area contributed by atoms with Gasteiger partial charge >= 0.3 is 0 Å². The molecule has 0 fully saturated rings. The Balaban J connectivity index is 2.18. The van der Waals surface area contributed by atoms with Gasteiger partial charge in [0.1, 0.15) is 11.6 Å². The van der Waals surface area contributed by atoms with Crippen molar-refractivity contribution in [2.75, 3.05) is 0 Å². The molecule has 0 aliphatic carbocycles. The highest BCUT2D eigenvalue weighted by Crippen LogP contribution is 2.23. The maximum absolute atomic E-state index is 13.4. The summed E-state index contributed by atoms with van der Waals surface area (Å²) in [4.78, 5) is 7.52. The molecule has 3 nitrogen and oxygen atoms in total. The van der Waals surface area contributed by atoms with Gasteiger partial charge in [-0.15, -0.1) is 0 Å². The number of imidazole rings is 1. The number of aromatic nitrogens is 2. The van der Waals surface area contributed by atoms with Crippen LogP contribution in [0.2, 0.25) is 0 Å². The Bertz CT molecular complexity index is 792. The molecule has 3 rings (SSSR count). The van der Waals surface area contributed by atoms with Gasteiger partial charge in [0.25, 0.3) is 0 Å². The first kappa shape index (κ1) is 11.4. The fourth-order valence-corrected chi connectivity index (χ4v) is 2.09. The van der Waals surface area contributed by atoms with E-state index >= 15 is 0 Å². The molecule has 0 radical (unpaired) electrons. The van der Waals surface area contributed by atoms with E-state index in [0.717, 1.165) is 16.6 Å². The summed E-state index contributed by atoms with van der Waals surface area (Å²) in [6, 6.07) is 12.1. The molecule has 0 aliphatic rings. The Labute approximate surface area is 109 Å². The van der Waals surface area contributed by atoms with Crippen molar-refractivity contribution in [1.82, 2.24) is 9.97 Å². The zero-order chi connectivity index (χ0) is 13.4. The minimum Gasteiger partial charge on any atom is -0.338 e. The lowest BCUT2D eigenvalue weighted by Gasteiger charge is -1.99. The van der Waals surface area contributed by atoms with Crippen LogP contribution in [0.1, 0.15) is 11.1 Å². The second kappa shape index (κ2) is 4.21. The lowest BCUT2D eigenvalue weighted by Crippen LogP contribution is -1.84. The number of hydrogen-bond donors (Lipinski definition) is 1. The lowest BCUT2D eigenvalue weighted by atomic mass is 10.1. The maximum Gasteiger partial charge on any atom is 0.138 e. The number of H-pyrrole nitrogens is 1. The van der Waals surface area contributed by atoms with Crippen LogP contribution in [-0.4, -0.2) is 9.97 Å². The van der Waals surface area contributed by atoms with Gasteiger partial charge in [-0.25, -0.2) is 9.37 Å². The molecule has 0 amide bonds. The summed E-state index contributed by atoms with van der Waals surface area (Å²) in [7, 11) is 0. The second-order valence-electron chi connectivity index (χ2n) is 4.45. The van der Waals surface area contributed by atoms with Gasteiger partial charge in [0.2, 0.25) is 0 Å². The predicted octanol–water partition coefficient (Wildman–Crippen LogP) is 3.55. The molecule has 0 saturated carbocycles. The topological polar surface area (TPSA) is 52.5 Å². The highest BCUT2D eigenvalue weighted by Gasteiger charge is 2.07. The van der Waals surface area contributed by atoms with E-state index in [9.17, 15) is 4.39 Å². The van der Waals surface area contributed by atoms with Crippen LogP contribution in [0, 0.1) is 24.1 Å². The zero-order valence-corrected chi connectivity index (χ0v) is 10.2. The zero-order valence-electron chi connectivity index (χ0n) is 10.2. The van der Waals surface area contributed by atoms with Crippen LogP contribution >= 0.6 is 0 Å². The number of benzene rings is 2. The molecule has 0 aliphatic heterocycles. The molecule has 1 N–H and O–H groups in total. The van der Waals surface area contributed by atoms with E-state index < -0.39 is 0 Å². The molecular weight excluding hydrogens is 241 g/mol. The predicted molar refractivity (Wildman–Crippen MR) is 70.9 cm³/mol. The summed E-state index contributed by atoms with van der Waals surface area (Å²) in [6.45, 7) is 1.84. The van der Waals surface area contributed by atoms with E-state index in [2.05, 4.69) is 16.0 Å². The van der Waals surface area contributed by atoms with Crippen LogP contribution in [0.3, 0.4) is 0 Å². The van der Waals surface area contributed by atoms with E-state index in [1.807, 2.05) is 13.0 Å². The summed E-state index contributed by atoms with van der Waals surface area (Å²) in [5.74, 6) is 0.320. The quantitative estimate of drug-likeness (QED) is 0.719. The van der Waals surface area contributed by atoms with Crippen LogP contribution in [-0.2, 0) is 0 Å². The number of aromatic amines is 1. The monoisotopic (exact) mass is 251 g/mol. The summed E-state index contributed by atoms with van der Waals surface area (Å²) < 4.78 is 13.4. The van der Waals surface area contributed by atoms with Gasteiger partial charge in [-0.1, -0.05) is 0 Å². The smallest absolute Gasteiger partial charge is 0.138 e. The Morgan fingerprint density at radius 2 is 2.05 bits per heavy atom. The Morgan fingerprint density at radius 1 is 1.21 bits per heavy atom. The van der Waals surface area contributed by atoms with Crippen molar-refractivity contribution >= 4 is 11.0 Å². The first-order valence-electron chi connectivity index (χ1n) is 5.83. The lowest BCUT2D eigenvalue weighted by molar-refractivity contribution is 0.627. The molecule has 1 heterocycles. The molecule has 0 atom stereocenters. The van der Waals surface area contributed by atoms with Gasteiger partial charge in [0.05, 0.1) is 22.7 Å². The number of nitrogens with one attached hydrogen (secondary N) is 1. The number of fused-ring (bicyclic) bond motifs is 1. The van der Waals surface area contributed by atoms with Gasteiger partial charge < -0.3 is 4.98 Å². The number of aryl methyl sites for hydroxylation is 1. The summed E-state index contributed by atoms with van der Waals surface area (Å²) >= 11 is 0. The third kappa shape index (κ3) is 2.06. The fraction of sp³-hybridized carbons (Fsp3) is 0.0667. The second-order valence-corrected chi connectivity index (χ2v) is 4.45. The third-order valence-electron chi connectivity index (χ3n) is 2.93. The highest BCUT2D eigenvalue weighted by molar-refractivity contribution is 5.80. The molecule has 0 spiro atoms. The molecule has 2 aromatic carbocycles. The molecule has 0 unspecified atom stereocenters. The third-order valence-corrected chi connectivity index (χ3v) is 2.93. The average Bonchev–Trinajstić information content (AvgIpc) is 2.80. The van der Waals surface area contributed by atoms with Crippen molar-refractivity contribution in [2.24, 2.45) is 0 Å². The van der Waals surface area contributed by atoms with E-state index in [0.29, 0.717) is 17.0 Å². The molecule has 4 heteroatoms. The van der Waals surface area contributed by atoms with Crippen LogP contribution in [0.15, 0.2) is 36.4 Å². The maximum atomic E-state index is 13.4. The van der Waals surface area contributed by atoms with Crippen molar-refractivity contribution in [2.45, 2.75) is 6.92 Å². The van der Waals surface area contributed by atoms with Crippen molar-refractivity contribution in [1.29, 1.82) is 5.26 Å². The Hall–Kier alpha value is -2.67. The van der Waals surface area contributed by atoms with Crippen molar-refractivity contribution in [3.05, 3.63) is 53.3 Å². The molecule has 19 heavy (non-hydrogen) atoms. The van der Waals surface area contributed by atoms with E-state index in [1.165, 1.54) is 12.1 Å². The molecule has 3 aromatic rings. The normalized spacial score (nSPS) is 10.6. The van der Waals surface area contributed by atoms with E-state index in [1.54, 1.807) is 18.2 Å². The fourth-order valence-electron chi connectivity index (χ4n) is 2.09.